The van der Waals surface area contributed by atoms with Crippen LogP contribution in [-0.4, -0.2) is 85.0 Å². The third-order valence-electron chi connectivity index (χ3n) is 4.68. The molecule has 0 unspecified atom stereocenters. The molecule has 2 fully saturated rings. The zero-order valence-corrected chi connectivity index (χ0v) is 13.9. The van der Waals surface area contributed by atoms with E-state index in [0.717, 1.165) is 38.9 Å². The standard InChI is InChI=1S/C16H29N3O3/c1-3-17(4-2)15(20)13-19-8-6-5-7-14(19)16(21)18-9-11-22-12-10-18/h14H,3-13H2,1-2H3/t14-/m1/s1. The molecule has 0 spiro atoms. The molecule has 1 atom stereocenters. The van der Waals surface area contributed by atoms with Crippen molar-refractivity contribution in [3.05, 3.63) is 0 Å². The van der Waals surface area contributed by atoms with Crippen LogP contribution in [0.4, 0.5) is 0 Å². The summed E-state index contributed by atoms with van der Waals surface area (Å²) < 4.78 is 5.32. The minimum Gasteiger partial charge on any atom is -0.378 e. The summed E-state index contributed by atoms with van der Waals surface area (Å²) in [4.78, 5) is 30.9. The van der Waals surface area contributed by atoms with E-state index in [1.807, 2.05) is 23.6 Å². The zero-order chi connectivity index (χ0) is 15.9. The van der Waals surface area contributed by atoms with Gasteiger partial charge in [-0.1, -0.05) is 6.42 Å². The van der Waals surface area contributed by atoms with Crippen molar-refractivity contribution in [2.45, 2.75) is 39.2 Å². The van der Waals surface area contributed by atoms with E-state index in [9.17, 15) is 9.59 Å². The second-order valence-electron chi connectivity index (χ2n) is 5.99. The van der Waals surface area contributed by atoms with Gasteiger partial charge in [0.05, 0.1) is 25.8 Å². The van der Waals surface area contributed by atoms with Crippen LogP contribution in [-0.2, 0) is 14.3 Å². The Bertz CT molecular complexity index is 379. The lowest BCUT2D eigenvalue weighted by molar-refractivity contribution is -0.144. The van der Waals surface area contributed by atoms with Gasteiger partial charge < -0.3 is 14.5 Å². The summed E-state index contributed by atoms with van der Waals surface area (Å²) in [5.74, 6) is 0.307. The fourth-order valence-electron chi connectivity index (χ4n) is 3.30. The summed E-state index contributed by atoms with van der Waals surface area (Å²) in [5.41, 5.74) is 0. The van der Waals surface area contributed by atoms with Gasteiger partial charge in [-0.05, 0) is 33.2 Å². The predicted molar refractivity (Wildman–Crippen MR) is 84.5 cm³/mol. The third kappa shape index (κ3) is 4.20. The Morgan fingerprint density at radius 1 is 1.09 bits per heavy atom. The molecule has 2 heterocycles. The normalized spacial score (nSPS) is 23.4. The molecule has 2 amide bonds. The molecule has 126 valence electrons. The summed E-state index contributed by atoms with van der Waals surface area (Å²) in [6.45, 7) is 9.24. The smallest absolute Gasteiger partial charge is 0.240 e. The largest absolute Gasteiger partial charge is 0.378 e. The highest BCUT2D eigenvalue weighted by atomic mass is 16.5. The minimum atomic E-state index is -0.133. The fourth-order valence-corrected chi connectivity index (χ4v) is 3.30. The van der Waals surface area contributed by atoms with E-state index in [4.69, 9.17) is 4.74 Å². The van der Waals surface area contributed by atoms with Crippen molar-refractivity contribution in [2.24, 2.45) is 0 Å². The van der Waals surface area contributed by atoms with Crippen LogP contribution in [0.5, 0.6) is 0 Å². The van der Waals surface area contributed by atoms with Crippen LogP contribution >= 0.6 is 0 Å². The molecule has 0 radical (unpaired) electrons. The molecule has 6 nitrogen and oxygen atoms in total. The third-order valence-corrected chi connectivity index (χ3v) is 4.68. The molecular formula is C16H29N3O3. The predicted octanol–water partition coefficient (Wildman–Crippen LogP) is 0.568. The highest BCUT2D eigenvalue weighted by Crippen LogP contribution is 2.19. The van der Waals surface area contributed by atoms with E-state index in [2.05, 4.69) is 4.90 Å². The summed E-state index contributed by atoms with van der Waals surface area (Å²) in [5, 5.41) is 0. The van der Waals surface area contributed by atoms with Crippen molar-refractivity contribution >= 4 is 11.8 Å². The highest BCUT2D eigenvalue weighted by Gasteiger charge is 2.33. The number of amides is 2. The Balaban J connectivity index is 1.98. The van der Waals surface area contributed by atoms with Crippen molar-refractivity contribution in [3.8, 4) is 0 Å². The first-order chi connectivity index (χ1) is 10.7. The lowest BCUT2D eigenvalue weighted by Gasteiger charge is -2.39. The Morgan fingerprint density at radius 3 is 2.41 bits per heavy atom. The Labute approximate surface area is 133 Å². The molecule has 6 heteroatoms. The summed E-state index contributed by atoms with van der Waals surface area (Å²) in [6.07, 6.45) is 3.00. The van der Waals surface area contributed by atoms with Crippen LogP contribution in [0.2, 0.25) is 0 Å². The van der Waals surface area contributed by atoms with Gasteiger partial charge in [-0.2, -0.15) is 0 Å². The van der Waals surface area contributed by atoms with Gasteiger partial charge in [0, 0.05) is 26.2 Å². The van der Waals surface area contributed by atoms with Crippen molar-refractivity contribution in [3.63, 3.8) is 0 Å². The Morgan fingerprint density at radius 2 is 1.77 bits per heavy atom. The first-order valence-electron chi connectivity index (χ1n) is 8.55. The first kappa shape index (κ1) is 17.2. The van der Waals surface area contributed by atoms with Gasteiger partial charge in [-0.3, -0.25) is 14.5 Å². The number of likely N-dealkylation sites (tertiary alicyclic amines) is 1. The van der Waals surface area contributed by atoms with E-state index in [0.29, 0.717) is 32.8 Å². The summed E-state index contributed by atoms with van der Waals surface area (Å²) in [7, 11) is 0. The topological polar surface area (TPSA) is 53.1 Å². The van der Waals surface area contributed by atoms with Gasteiger partial charge in [0.25, 0.3) is 0 Å². The molecule has 0 N–H and O–H groups in total. The maximum absolute atomic E-state index is 12.8. The number of carbonyl (C=O) groups excluding carboxylic acids is 2. The molecule has 0 aromatic carbocycles. The first-order valence-corrected chi connectivity index (χ1v) is 8.55. The SMILES string of the molecule is CCN(CC)C(=O)CN1CCCC[C@@H]1C(=O)N1CCOCC1. The average molecular weight is 311 g/mol. The number of rotatable bonds is 5. The Hall–Kier alpha value is -1.14. The molecule has 0 aliphatic carbocycles. The summed E-state index contributed by atoms with van der Waals surface area (Å²) in [6, 6.07) is -0.133. The van der Waals surface area contributed by atoms with Crippen molar-refractivity contribution in [2.75, 3.05) is 52.5 Å². The zero-order valence-electron chi connectivity index (χ0n) is 13.9. The second-order valence-corrected chi connectivity index (χ2v) is 5.99. The molecular weight excluding hydrogens is 282 g/mol. The van der Waals surface area contributed by atoms with Crippen LogP contribution < -0.4 is 0 Å². The lowest BCUT2D eigenvalue weighted by Crippen LogP contribution is -2.55. The molecule has 2 saturated heterocycles. The van der Waals surface area contributed by atoms with E-state index >= 15 is 0 Å². The van der Waals surface area contributed by atoms with Gasteiger partial charge in [0.2, 0.25) is 11.8 Å². The maximum atomic E-state index is 12.8. The van der Waals surface area contributed by atoms with E-state index in [1.54, 1.807) is 0 Å². The number of carbonyl (C=O) groups is 2. The van der Waals surface area contributed by atoms with Gasteiger partial charge in [-0.15, -0.1) is 0 Å². The number of piperidine rings is 1. The van der Waals surface area contributed by atoms with Crippen LogP contribution in [0.3, 0.4) is 0 Å². The molecule has 0 saturated carbocycles. The number of nitrogens with zero attached hydrogens (tertiary/aromatic N) is 3. The van der Waals surface area contributed by atoms with E-state index < -0.39 is 0 Å². The number of ether oxygens (including phenoxy) is 1. The van der Waals surface area contributed by atoms with Crippen LogP contribution in [0.1, 0.15) is 33.1 Å². The number of morpholine rings is 1. The fraction of sp³-hybridized carbons (Fsp3) is 0.875. The van der Waals surface area contributed by atoms with Crippen LogP contribution in [0.15, 0.2) is 0 Å². The summed E-state index contributed by atoms with van der Waals surface area (Å²) >= 11 is 0. The minimum absolute atomic E-state index is 0.131. The van der Waals surface area contributed by atoms with Crippen molar-refractivity contribution in [1.29, 1.82) is 0 Å². The number of likely N-dealkylation sites (N-methyl/N-ethyl adjacent to an activating group) is 1. The molecule has 22 heavy (non-hydrogen) atoms. The molecule has 0 aromatic heterocycles. The molecule has 2 aliphatic rings. The van der Waals surface area contributed by atoms with Gasteiger partial charge in [0.1, 0.15) is 0 Å². The van der Waals surface area contributed by atoms with Crippen LogP contribution in [0.25, 0.3) is 0 Å². The Kier molecular flexibility index (Phi) is 6.64. The molecule has 0 bridgehead atoms. The maximum Gasteiger partial charge on any atom is 0.240 e. The second kappa shape index (κ2) is 8.48. The van der Waals surface area contributed by atoms with E-state index in [-0.39, 0.29) is 17.9 Å². The number of hydrogen-bond donors (Lipinski definition) is 0. The molecule has 0 aromatic rings. The quantitative estimate of drug-likeness (QED) is 0.745. The molecule has 2 aliphatic heterocycles. The van der Waals surface area contributed by atoms with Gasteiger partial charge in [0.15, 0.2) is 0 Å². The van der Waals surface area contributed by atoms with Gasteiger partial charge >= 0.3 is 0 Å². The highest BCUT2D eigenvalue weighted by molar-refractivity contribution is 5.84. The molecule has 2 rings (SSSR count). The van der Waals surface area contributed by atoms with Crippen LogP contribution in [0, 0.1) is 0 Å². The lowest BCUT2D eigenvalue weighted by atomic mass is 10.0. The monoisotopic (exact) mass is 311 g/mol. The average Bonchev–Trinajstić information content (AvgIpc) is 2.56. The van der Waals surface area contributed by atoms with Crippen molar-refractivity contribution in [1.82, 2.24) is 14.7 Å². The van der Waals surface area contributed by atoms with Crippen molar-refractivity contribution < 1.29 is 14.3 Å². The number of hydrogen-bond acceptors (Lipinski definition) is 4. The van der Waals surface area contributed by atoms with Gasteiger partial charge in [-0.25, -0.2) is 0 Å². The van der Waals surface area contributed by atoms with E-state index in [1.165, 1.54) is 0 Å².